The molecule has 2 atom stereocenters. The van der Waals surface area contributed by atoms with Crippen LogP contribution in [0.4, 0.5) is 4.39 Å². The number of halogens is 2. The fraction of sp³-hybridized carbons (Fsp3) is 0.571. The number of rotatable bonds is 3. The maximum atomic E-state index is 13.4. The third kappa shape index (κ3) is 3.20. The van der Waals surface area contributed by atoms with Crippen molar-refractivity contribution in [3.63, 3.8) is 0 Å². The molecule has 1 saturated carbocycles. The van der Waals surface area contributed by atoms with Crippen molar-refractivity contribution in [1.82, 2.24) is 5.32 Å². The molecule has 1 aromatic carbocycles. The van der Waals surface area contributed by atoms with E-state index in [2.05, 4.69) is 5.32 Å². The van der Waals surface area contributed by atoms with E-state index in [1.807, 2.05) is 13.1 Å². The summed E-state index contributed by atoms with van der Waals surface area (Å²) in [5.41, 5.74) is 1.05. The Morgan fingerprint density at radius 3 is 2.82 bits per heavy atom. The fourth-order valence-corrected chi connectivity index (χ4v) is 2.92. The van der Waals surface area contributed by atoms with Crippen LogP contribution in [0.15, 0.2) is 18.2 Å². The number of hydrogen-bond acceptors (Lipinski definition) is 1. The largest absolute Gasteiger partial charge is 0.317 e. The summed E-state index contributed by atoms with van der Waals surface area (Å²) in [6, 6.07) is 5.74. The highest BCUT2D eigenvalue weighted by Crippen LogP contribution is 2.28. The van der Waals surface area contributed by atoms with E-state index in [1.165, 1.54) is 25.7 Å². The highest BCUT2D eigenvalue weighted by atomic mass is 35.5. The third-order valence-corrected chi connectivity index (χ3v) is 4.07. The molecule has 17 heavy (non-hydrogen) atoms. The van der Waals surface area contributed by atoms with Gasteiger partial charge in [0.15, 0.2) is 0 Å². The van der Waals surface area contributed by atoms with Crippen molar-refractivity contribution < 1.29 is 4.39 Å². The van der Waals surface area contributed by atoms with Gasteiger partial charge in [0.2, 0.25) is 0 Å². The summed E-state index contributed by atoms with van der Waals surface area (Å²) in [6.45, 7) is 0. The smallest absolute Gasteiger partial charge is 0.142 e. The Labute approximate surface area is 107 Å². The highest BCUT2D eigenvalue weighted by molar-refractivity contribution is 6.30. The molecule has 0 aromatic heterocycles. The molecule has 0 radical (unpaired) electrons. The lowest BCUT2D eigenvalue weighted by molar-refractivity contribution is 0.272. The summed E-state index contributed by atoms with van der Waals surface area (Å²) in [5, 5.41) is 3.59. The van der Waals surface area contributed by atoms with Gasteiger partial charge >= 0.3 is 0 Å². The zero-order valence-corrected chi connectivity index (χ0v) is 10.9. The standard InChI is InChI=1S/C14H19ClFN/c1-17-14-5-3-2-4-11(14)8-10-6-7-12(15)13(16)9-10/h6-7,9,11,14,17H,2-5,8H2,1H3. The molecule has 0 spiro atoms. The molecule has 1 aromatic rings. The van der Waals surface area contributed by atoms with Crippen molar-refractivity contribution in [2.24, 2.45) is 5.92 Å². The lowest BCUT2D eigenvalue weighted by Crippen LogP contribution is -2.37. The van der Waals surface area contributed by atoms with Crippen LogP contribution in [0.2, 0.25) is 5.02 Å². The number of nitrogens with one attached hydrogen (secondary N) is 1. The van der Waals surface area contributed by atoms with Gasteiger partial charge in [0.1, 0.15) is 5.82 Å². The van der Waals surface area contributed by atoms with E-state index in [-0.39, 0.29) is 10.8 Å². The van der Waals surface area contributed by atoms with Crippen molar-refractivity contribution in [3.05, 3.63) is 34.6 Å². The zero-order valence-electron chi connectivity index (χ0n) is 10.2. The van der Waals surface area contributed by atoms with E-state index >= 15 is 0 Å². The van der Waals surface area contributed by atoms with Crippen LogP contribution in [0.1, 0.15) is 31.2 Å². The lowest BCUT2D eigenvalue weighted by Gasteiger charge is -2.31. The SMILES string of the molecule is CNC1CCCCC1Cc1ccc(Cl)c(F)c1. The van der Waals surface area contributed by atoms with E-state index in [9.17, 15) is 4.39 Å². The van der Waals surface area contributed by atoms with Crippen LogP contribution in [0, 0.1) is 11.7 Å². The van der Waals surface area contributed by atoms with Crippen LogP contribution >= 0.6 is 11.6 Å². The van der Waals surface area contributed by atoms with Crippen LogP contribution in [0.5, 0.6) is 0 Å². The van der Waals surface area contributed by atoms with Gasteiger partial charge in [-0.3, -0.25) is 0 Å². The Morgan fingerprint density at radius 1 is 1.35 bits per heavy atom. The van der Waals surface area contributed by atoms with Crippen molar-refractivity contribution >= 4 is 11.6 Å². The summed E-state index contributed by atoms with van der Waals surface area (Å²) < 4.78 is 13.4. The van der Waals surface area contributed by atoms with Crippen molar-refractivity contribution in [2.75, 3.05) is 7.05 Å². The van der Waals surface area contributed by atoms with Crippen molar-refractivity contribution in [1.29, 1.82) is 0 Å². The molecule has 0 aliphatic heterocycles. The van der Waals surface area contributed by atoms with E-state index in [0.29, 0.717) is 12.0 Å². The Bertz CT molecular complexity index is 380. The van der Waals surface area contributed by atoms with E-state index < -0.39 is 0 Å². The second-order valence-electron chi connectivity index (χ2n) is 4.89. The average Bonchev–Trinajstić information content (AvgIpc) is 2.34. The molecule has 2 rings (SSSR count). The van der Waals surface area contributed by atoms with Gasteiger partial charge in [-0.05, 0) is 49.9 Å². The second kappa shape index (κ2) is 5.83. The van der Waals surface area contributed by atoms with Crippen LogP contribution in [0.3, 0.4) is 0 Å². The van der Waals surface area contributed by atoms with Gasteiger partial charge in [-0.1, -0.05) is 30.5 Å². The molecule has 0 amide bonds. The minimum absolute atomic E-state index is 0.211. The van der Waals surface area contributed by atoms with Gasteiger partial charge in [-0.25, -0.2) is 4.39 Å². The molecule has 0 saturated heterocycles. The molecule has 0 heterocycles. The van der Waals surface area contributed by atoms with Crippen LogP contribution in [0.25, 0.3) is 0 Å². The Morgan fingerprint density at radius 2 is 2.12 bits per heavy atom. The Hall–Kier alpha value is -0.600. The molecule has 1 fully saturated rings. The molecule has 1 nitrogen and oxygen atoms in total. The Kier molecular flexibility index (Phi) is 4.41. The molecule has 1 aliphatic carbocycles. The van der Waals surface area contributed by atoms with Crippen molar-refractivity contribution in [2.45, 2.75) is 38.1 Å². The minimum atomic E-state index is -0.305. The van der Waals surface area contributed by atoms with Gasteiger partial charge in [0.25, 0.3) is 0 Å². The normalized spacial score (nSPS) is 24.9. The zero-order chi connectivity index (χ0) is 12.3. The molecule has 0 bridgehead atoms. The molecule has 1 aliphatic rings. The first-order chi connectivity index (χ1) is 8.20. The van der Waals surface area contributed by atoms with Crippen LogP contribution in [-0.4, -0.2) is 13.1 Å². The summed E-state index contributed by atoms with van der Waals surface area (Å²) >= 11 is 5.69. The topological polar surface area (TPSA) is 12.0 Å². The fourth-order valence-electron chi connectivity index (χ4n) is 2.80. The lowest BCUT2D eigenvalue weighted by atomic mass is 9.81. The minimum Gasteiger partial charge on any atom is -0.317 e. The average molecular weight is 256 g/mol. The molecule has 1 N–H and O–H groups in total. The maximum Gasteiger partial charge on any atom is 0.142 e. The molecule has 3 heteroatoms. The van der Waals surface area contributed by atoms with E-state index in [0.717, 1.165) is 12.0 Å². The first kappa shape index (κ1) is 12.8. The summed E-state index contributed by atoms with van der Waals surface area (Å²) in [7, 11) is 2.02. The first-order valence-corrected chi connectivity index (χ1v) is 6.69. The Balaban J connectivity index is 2.05. The summed E-state index contributed by atoms with van der Waals surface area (Å²) in [6.07, 6.45) is 6.00. The molecular weight excluding hydrogens is 237 g/mol. The summed E-state index contributed by atoms with van der Waals surface area (Å²) in [4.78, 5) is 0. The third-order valence-electron chi connectivity index (χ3n) is 3.76. The monoisotopic (exact) mass is 255 g/mol. The van der Waals surface area contributed by atoms with E-state index in [1.54, 1.807) is 12.1 Å². The second-order valence-corrected chi connectivity index (χ2v) is 5.30. The molecule has 2 unspecified atom stereocenters. The van der Waals surface area contributed by atoms with Crippen molar-refractivity contribution in [3.8, 4) is 0 Å². The summed E-state index contributed by atoms with van der Waals surface area (Å²) in [5.74, 6) is 0.315. The predicted molar refractivity (Wildman–Crippen MR) is 69.9 cm³/mol. The van der Waals surface area contributed by atoms with Crippen LogP contribution in [-0.2, 0) is 6.42 Å². The molecular formula is C14H19ClFN. The molecule has 94 valence electrons. The maximum absolute atomic E-state index is 13.4. The highest BCUT2D eigenvalue weighted by Gasteiger charge is 2.23. The number of benzene rings is 1. The van der Waals surface area contributed by atoms with Gasteiger partial charge in [-0.2, -0.15) is 0 Å². The van der Waals surface area contributed by atoms with E-state index in [4.69, 9.17) is 11.6 Å². The van der Waals surface area contributed by atoms with Gasteiger partial charge < -0.3 is 5.32 Å². The predicted octanol–water partition coefficient (Wildman–Crippen LogP) is 3.80. The quantitative estimate of drug-likeness (QED) is 0.866. The van der Waals surface area contributed by atoms with Crippen LogP contribution < -0.4 is 5.32 Å². The van der Waals surface area contributed by atoms with Gasteiger partial charge in [-0.15, -0.1) is 0 Å². The van der Waals surface area contributed by atoms with Gasteiger partial charge in [0, 0.05) is 6.04 Å². The number of hydrogen-bond donors (Lipinski definition) is 1. The van der Waals surface area contributed by atoms with Gasteiger partial charge in [0.05, 0.1) is 5.02 Å². The first-order valence-electron chi connectivity index (χ1n) is 6.32.